The summed E-state index contributed by atoms with van der Waals surface area (Å²) in [5.74, 6) is 3.73. The Morgan fingerprint density at radius 1 is 1.09 bits per heavy atom. The van der Waals surface area contributed by atoms with E-state index in [1.807, 2.05) is 24.3 Å². The lowest BCUT2D eigenvalue weighted by Gasteiger charge is -2.57. The highest BCUT2D eigenvalue weighted by Crippen LogP contribution is 2.55. The SMILES string of the molecule is COc1ccc(C(=O)CNC23CC4CC(CC(C4)C2)C3)cc1. The van der Waals surface area contributed by atoms with Gasteiger partial charge in [-0.2, -0.15) is 0 Å². The van der Waals surface area contributed by atoms with Crippen LogP contribution in [0.3, 0.4) is 0 Å². The Balaban J connectivity index is 1.40. The van der Waals surface area contributed by atoms with E-state index in [0.29, 0.717) is 6.54 Å². The summed E-state index contributed by atoms with van der Waals surface area (Å²) in [5, 5.41) is 3.67. The summed E-state index contributed by atoms with van der Waals surface area (Å²) in [6.07, 6.45) is 8.17. The average Bonchev–Trinajstić information content (AvgIpc) is 2.51. The van der Waals surface area contributed by atoms with Gasteiger partial charge < -0.3 is 10.1 Å². The molecule has 0 heterocycles. The molecule has 4 aliphatic rings. The zero-order valence-electron chi connectivity index (χ0n) is 13.3. The number of nitrogens with one attached hydrogen (secondary N) is 1. The Bertz CT molecular complexity index is 528. The largest absolute Gasteiger partial charge is 0.497 e. The number of methoxy groups -OCH3 is 1. The van der Waals surface area contributed by atoms with Gasteiger partial charge in [-0.15, -0.1) is 0 Å². The van der Waals surface area contributed by atoms with Crippen LogP contribution in [0, 0.1) is 17.8 Å². The molecule has 0 amide bonds. The molecule has 5 rings (SSSR count). The molecular weight excluding hydrogens is 274 g/mol. The number of hydrogen-bond donors (Lipinski definition) is 1. The third-order valence-electron chi connectivity index (χ3n) is 6.07. The second-order valence-electron chi connectivity index (χ2n) is 7.70. The normalized spacial score (nSPS) is 35.6. The Morgan fingerprint density at radius 2 is 1.64 bits per heavy atom. The molecule has 0 aromatic heterocycles. The first kappa shape index (κ1) is 14.3. The van der Waals surface area contributed by atoms with Gasteiger partial charge in [0.25, 0.3) is 0 Å². The van der Waals surface area contributed by atoms with Crippen molar-refractivity contribution in [3.63, 3.8) is 0 Å². The maximum Gasteiger partial charge on any atom is 0.176 e. The summed E-state index contributed by atoms with van der Waals surface area (Å²) in [6, 6.07) is 7.45. The standard InChI is InChI=1S/C19H25NO2/c1-22-17-4-2-16(3-5-17)18(21)12-20-19-9-13-6-14(10-19)8-15(7-13)11-19/h2-5,13-15,20H,6-12H2,1H3. The monoisotopic (exact) mass is 299 g/mol. The minimum absolute atomic E-state index is 0.193. The fraction of sp³-hybridized carbons (Fsp3) is 0.632. The highest BCUT2D eigenvalue weighted by Gasteiger charge is 2.50. The fourth-order valence-electron chi connectivity index (χ4n) is 5.47. The van der Waals surface area contributed by atoms with Gasteiger partial charge in [0.05, 0.1) is 13.7 Å². The third-order valence-corrected chi connectivity index (χ3v) is 6.07. The van der Waals surface area contributed by atoms with Crippen molar-refractivity contribution in [2.75, 3.05) is 13.7 Å². The van der Waals surface area contributed by atoms with Crippen molar-refractivity contribution in [2.45, 2.75) is 44.1 Å². The molecule has 4 bridgehead atoms. The minimum Gasteiger partial charge on any atom is -0.497 e. The molecule has 0 atom stereocenters. The zero-order valence-corrected chi connectivity index (χ0v) is 13.3. The molecule has 0 saturated heterocycles. The summed E-state index contributed by atoms with van der Waals surface area (Å²) >= 11 is 0. The van der Waals surface area contributed by atoms with Gasteiger partial charge in [-0.25, -0.2) is 0 Å². The number of benzene rings is 1. The molecule has 1 N–H and O–H groups in total. The summed E-state index contributed by atoms with van der Waals surface area (Å²) in [5.41, 5.74) is 1.04. The topological polar surface area (TPSA) is 38.3 Å². The van der Waals surface area contributed by atoms with Gasteiger partial charge in [0.2, 0.25) is 0 Å². The number of carbonyl (C=O) groups is 1. The van der Waals surface area contributed by atoms with Gasteiger partial charge in [-0.3, -0.25) is 4.79 Å². The molecule has 3 nitrogen and oxygen atoms in total. The molecular formula is C19H25NO2. The van der Waals surface area contributed by atoms with Crippen molar-refractivity contribution < 1.29 is 9.53 Å². The van der Waals surface area contributed by atoms with Crippen LogP contribution in [0.15, 0.2) is 24.3 Å². The van der Waals surface area contributed by atoms with Gasteiger partial charge in [0.15, 0.2) is 5.78 Å². The lowest BCUT2D eigenvalue weighted by molar-refractivity contribution is -0.0186. The van der Waals surface area contributed by atoms with E-state index in [4.69, 9.17) is 4.74 Å². The van der Waals surface area contributed by atoms with E-state index in [0.717, 1.165) is 29.1 Å². The van der Waals surface area contributed by atoms with Crippen LogP contribution >= 0.6 is 0 Å². The van der Waals surface area contributed by atoms with E-state index in [1.165, 1.54) is 38.5 Å². The van der Waals surface area contributed by atoms with Crippen molar-refractivity contribution in [3.05, 3.63) is 29.8 Å². The molecule has 1 aromatic carbocycles. The Morgan fingerprint density at radius 3 is 2.14 bits per heavy atom. The lowest BCUT2D eigenvalue weighted by atomic mass is 9.53. The summed E-state index contributed by atoms with van der Waals surface area (Å²) in [7, 11) is 1.64. The first-order valence-electron chi connectivity index (χ1n) is 8.58. The van der Waals surface area contributed by atoms with Crippen LogP contribution in [0.2, 0.25) is 0 Å². The number of rotatable bonds is 5. The van der Waals surface area contributed by atoms with Crippen LogP contribution in [0.25, 0.3) is 0 Å². The van der Waals surface area contributed by atoms with Crippen molar-refractivity contribution in [3.8, 4) is 5.75 Å². The second kappa shape index (κ2) is 5.38. The average molecular weight is 299 g/mol. The van der Waals surface area contributed by atoms with Crippen molar-refractivity contribution >= 4 is 5.78 Å². The quantitative estimate of drug-likeness (QED) is 0.847. The van der Waals surface area contributed by atoms with E-state index in [2.05, 4.69) is 5.32 Å². The van der Waals surface area contributed by atoms with Crippen LogP contribution in [-0.4, -0.2) is 25.0 Å². The highest BCUT2D eigenvalue weighted by atomic mass is 16.5. The fourth-order valence-corrected chi connectivity index (χ4v) is 5.47. The molecule has 0 unspecified atom stereocenters. The Hall–Kier alpha value is -1.35. The van der Waals surface area contributed by atoms with Gasteiger partial charge in [0.1, 0.15) is 5.75 Å². The van der Waals surface area contributed by atoms with E-state index < -0.39 is 0 Å². The Labute approximate surface area is 132 Å². The maximum atomic E-state index is 12.4. The number of ether oxygens (including phenoxy) is 1. The van der Waals surface area contributed by atoms with E-state index in [1.54, 1.807) is 7.11 Å². The molecule has 4 saturated carbocycles. The highest BCUT2D eigenvalue weighted by molar-refractivity contribution is 5.97. The van der Waals surface area contributed by atoms with Crippen molar-refractivity contribution in [1.29, 1.82) is 0 Å². The summed E-state index contributed by atoms with van der Waals surface area (Å²) < 4.78 is 5.15. The number of Topliss-reactive ketones (excluding diaryl/α,β-unsaturated/α-hetero) is 1. The van der Waals surface area contributed by atoms with Crippen molar-refractivity contribution in [1.82, 2.24) is 5.32 Å². The molecule has 4 aliphatic carbocycles. The minimum atomic E-state index is 0.193. The molecule has 3 heteroatoms. The van der Waals surface area contributed by atoms with Gasteiger partial charge in [-0.1, -0.05) is 0 Å². The van der Waals surface area contributed by atoms with Crippen molar-refractivity contribution in [2.24, 2.45) is 17.8 Å². The maximum absolute atomic E-state index is 12.4. The van der Waals surface area contributed by atoms with Crippen LogP contribution < -0.4 is 10.1 Å². The predicted octanol–water partition coefficient (Wildman–Crippen LogP) is 3.44. The molecule has 0 aliphatic heterocycles. The van der Waals surface area contributed by atoms with Crippen LogP contribution in [-0.2, 0) is 0 Å². The second-order valence-corrected chi connectivity index (χ2v) is 7.70. The van der Waals surface area contributed by atoms with Gasteiger partial charge in [-0.05, 0) is 80.5 Å². The van der Waals surface area contributed by atoms with Crippen LogP contribution in [0.1, 0.15) is 48.9 Å². The van der Waals surface area contributed by atoms with Gasteiger partial charge >= 0.3 is 0 Å². The lowest BCUT2D eigenvalue weighted by Crippen LogP contribution is -2.59. The molecule has 22 heavy (non-hydrogen) atoms. The zero-order chi connectivity index (χ0) is 15.2. The first-order chi connectivity index (χ1) is 10.7. The first-order valence-corrected chi connectivity index (χ1v) is 8.58. The van der Waals surface area contributed by atoms with E-state index >= 15 is 0 Å². The number of carbonyl (C=O) groups excluding carboxylic acids is 1. The molecule has 1 aromatic rings. The third kappa shape index (κ3) is 2.56. The number of ketones is 1. The molecule has 4 fully saturated rings. The molecule has 0 spiro atoms. The number of hydrogen-bond acceptors (Lipinski definition) is 3. The predicted molar refractivity (Wildman–Crippen MR) is 86.2 cm³/mol. The smallest absolute Gasteiger partial charge is 0.176 e. The molecule has 118 valence electrons. The summed E-state index contributed by atoms with van der Waals surface area (Å²) in [6.45, 7) is 0.471. The van der Waals surface area contributed by atoms with E-state index in [9.17, 15) is 4.79 Å². The van der Waals surface area contributed by atoms with Crippen LogP contribution in [0.4, 0.5) is 0 Å². The van der Waals surface area contributed by atoms with Crippen LogP contribution in [0.5, 0.6) is 5.75 Å². The molecule has 0 radical (unpaired) electrons. The van der Waals surface area contributed by atoms with E-state index in [-0.39, 0.29) is 11.3 Å². The van der Waals surface area contributed by atoms with Gasteiger partial charge in [0, 0.05) is 11.1 Å². The summed E-state index contributed by atoms with van der Waals surface area (Å²) in [4.78, 5) is 12.4. The Kier molecular flexibility index (Phi) is 3.48.